The Bertz CT molecular complexity index is 531. The van der Waals surface area contributed by atoms with E-state index in [1.54, 1.807) is 0 Å². The van der Waals surface area contributed by atoms with E-state index in [1.165, 1.54) is 18.9 Å². The lowest BCUT2D eigenvalue weighted by atomic mass is 9.96. The van der Waals surface area contributed by atoms with Crippen LogP contribution in [0.4, 0.5) is 18.9 Å². The van der Waals surface area contributed by atoms with Gasteiger partial charge >= 0.3 is 6.18 Å². The van der Waals surface area contributed by atoms with Crippen molar-refractivity contribution in [1.29, 1.82) is 5.26 Å². The average Bonchev–Trinajstić information content (AvgIpc) is 2.63. The van der Waals surface area contributed by atoms with E-state index < -0.39 is 11.7 Å². The summed E-state index contributed by atoms with van der Waals surface area (Å²) in [5, 5.41) is 12.4. The van der Waals surface area contributed by atoms with Gasteiger partial charge in [-0.05, 0) is 37.0 Å². The molecule has 114 valence electrons. The van der Waals surface area contributed by atoms with Crippen molar-refractivity contribution in [3.63, 3.8) is 0 Å². The lowest BCUT2D eigenvalue weighted by Crippen LogP contribution is -2.26. The van der Waals surface area contributed by atoms with Crippen molar-refractivity contribution in [2.75, 3.05) is 5.32 Å². The first kappa shape index (κ1) is 15.7. The van der Waals surface area contributed by atoms with E-state index in [9.17, 15) is 13.2 Å². The summed E-state index contributed by atoms with van der Waals surface area (Å²) in [7, 11) is 0. The summed E-state index contributed by atoms with van der Waals surface area (Å²) in [4.78, 5) is 0. The summed E-state index contributed by atoms with van der Waals surface area (Å²) < 4.78 is 38.0. The van der Waals surface area contributed by atoms with E-state index in [-0.39, 0.29) is 11.6 Å². The van der Waals surface area contributed by atoms with Gasteiger partial charge in [0.05, 0.1) is 16.8 Å². The topological polar surface area (TPSA) is 35.8 Å². The number of benzene rings is 1. The molecule has 0 radical (unpaired) electrons. The van der Waals surface area contributed by atoms with Crippen molar-refractivity contribution in [1.82, 2.24) is 0 Å². The third-order valence-corrected chi connectivity index (χ3v) is 4.17. The van der Waals surface area contributed by atoms with Gasteiger partial charge < -0.3 is 5.32 Å². The standard InChI is InChI=1S/C16H19F3N2/c1-11-5-3-2-4-6-14(11)21-15-8-7-13(16(17,18)19)9-12(15)10-20/h7-9,11,14,21H,2-6H2,1H3. The van der Waals surface area contributed by atoms with Crippen LogP contribution in [0.15, 0.2) is 18.2 Å². The van der Waals surface area contributed by atoms with Crippen LogP contribution in [0.25, 0.3) is 0 Å². The van der Waals surface area contributed by atoms with Gasteiger partial charge in [-0.15, -0.1) is 0 Å². The third-order valence-electron chi connectivity index (χ3n) is 4.17. The monoisotopic (exact) mass is 296 g/mol. The number of hydrogen-bond acceptors (Lipinski definition) is 2. The Morgan fingerprint density at radius 2 is 1.90 bits per heavy atom. The molecule has 1 N–H and O–H groups in total. The Balaban J connectivity index is 2.22. The average molecular weight is 296 g/mol. The smallest absolute Gasteiger partial charge is 0.381 e. The first-order chi connectivity index (χ1) is 9.91. The number of alkyl halides is 3. The molecule has 2 unspecified atom stereocenters. The number of rotatable bonds is 2. The van der Waals surface area contributed by atoms with Crippen LogP contribution in [0.2, 0.25) is 0 Å². The fourth-order valence-corrected chi connectivity index (χ4v) is 2.85. The highest BCUT2D eigenvalue weighted by molar-refractivity contribution is 5.59. The van der Waals surface area contributed by atoms with Crippen LogP contribution in [0.5, 0.6) is 0 Å². The fraction of sp³-hybridized carbons (Fsp3) is 0.562. The molecule has 21 heavy (non-hydrogen) atoms. The van der Waals surface area contributed by atoms with E-state index in [0.717, 1.165) is 31.4 Å². The summed E-state index contributed by atoms with van der Waals surface area (Å²) in [5.74, 6) is 0.460. The van der Waals surface area contributed by atoms with Crippen molar-refractivity contribution in [2.24, 2.45) is 5.92 Å². The summed E-state index contributed by atoms with van der Waals surface area (Å²) in [6.07, 6.45) is 1.19. The van der Waals surface area contributed by atoms with Gasteiger partial charge in [0.25, 0.3) is 0 Å². The first-order valence-corrected chi connectivity index (χ1v) is 7.29. The minimum Gasteiger partial charge on any atom is -0.381 e. The minimum atomic E-state index is -4.42. The maximum absolute atomic E-state index is 12.7. The molecular weight excluding hydrogens is 277 g/mol. The predicted octanol–water partition coefficient (Wildman–Crippen LogP) is 4.96. The molecule has 2 rings (SSSR count). The van der Waals surface area contributed by atoms with E-state index in [2.05, 4.69) is 12.2 Å². The zero-order valence-corrected chi connectivity index (χ0v) is 12.0. The summed E-state index contributed by atoms with van der Waals surface area (Å²) in [5.41, 5.74) is -0.218. The normalized spacial score (nSPS) is 23.2. The number of nitrogens with zero attached hydrogens (tertiary/aromatic N) is 1. The Labute approximate surface area is 123 Å². The molecule has 1 aliphatic carbocycles. The molecule has 1 saturated carbocycles. The molecule has 0 bridgehead atoms. The van der Waals surface area contributed by atoms with Crippen molar-refractivity contribution in [3.8, 4) is 6.07 Å². The van der Waals surface area contributed by atoms with Gasteiger partial charge in [0, 0.05) is 6.04 Å². The van der Waals surface area contributed by atoms with Gasteiger partial charge in [-0.2, -0.15) is 18.4 Å². The molecule has 1 aromatic rings. The molecule has 0 amide bonds. The second-order valence-corrected chi connectivity index (χ2v) is 5.74. The van der Waals surface area contributed by atoms with E-state index in [0.29, 0.717) is 11.6 Å². The first-order valence-electron chi connectivity index (χ1n) is 7.29. The molecule has 0 saturated heterocycles. The highest BCUT2D eigenvalue weighted by atomic mass is 19.4. The second kappa shape index (κ2) is 6.38. The molecule has 0 aromatic heterocycles. The Kier molecular flexibility index (Phi) is 4.76. The summed E-state index contributed by atoms with van der Waals surface area (Å²) in [6.45, 7) is 2.15. The predicted molar refractivity (Wildman–Crippen MR) is 75.8 cm³/mol. The van der Waals surface area contributed by atoms with Crippen molar-refractivity contribution in [2.45, 2.75) is 51.2 Å². The van der Waals surface area contributed by atoms with Crippen molar-refractivity contribution < 1.29 is 13.2 Å². The molecule has 1 aromatic carbocycles. The maximum atomic E-state index is 12.7. The molecule has 5 heteroatoms. The van der Waals surface area contributed by atoms with Crippen LogP contribution >= 0.6 is 0 Å². The SMILES string of the molecule is CC1CCCCCC1Nc1ccc(C(F)(F)F)cc1C#N. The Morgan fingerprint density at radius 1 is 1.19 bits per heavy atom. The quantitative estimate of drug-likeness (QED) is 0.783. The Morgan fingerprint density at radius 3 is 2.57 bits per heavy atom. The van der Waals surface area contributed by atoms with Gasteiger partial charge in [-0.1, -0.05) is 26.2 Å². The zero-order chi connectivity index (χ0) is 15.5. The van der Waals surface area contributed by atoms with Crippen LogP contribution in [0.3, 0.4) is 0 Å². The summed E-state index contributed by atoms with van der Waals surface area (Å²) in [6, 6.07) is 5.41. The van der Waals surface area contributed by atoms with Crippen LogP contribution in [0.1, 0.15) is 50.2 Å². The van der Waals surface area contributed by atoms with Gasteiger partial charge in [0.1, 0.15) is 6.07 Å². The van der Waals surface area contributed by atoms with Crippen LogP contribution < -0.4 is 5.32 Å². The number of anilines is 1. The maximum Gasteiger partial charge on any atom is 0.416 e. The van der Waals surface area contributed by atoms with Crippen LogP contribution in [0, 0.1) is 17.2 Å². The van der Waals surface area contributed by atoms with Crippen molar-refractivity contribution >= 4 is 5.69 Å². The summed E-state index contributed by atoms with van der Waals surface area (Å²) >= 11 is 0. The van der Waals surface area contributed by atoms with Crippen molar-refractivity contribution in [3.05, 3.63) is 29.3 Å². The molecule has 0 heterocycles. The minimum absolute atomic E-state index is 0.0567. The highest BCUT2D eigenvalue weighted by Gasteiger charge is 2.31. The molecule has 0 aliphatic heterocycles. The largest absolute Gasteiger partial charge is 0.416 e. The zero-order valence-electron chi connectivity index (χ0n) is 12.0. The Hall–Kier alpha value is -1.70. The van der Waals surface area contributed by atoms with E-state index in [1.807, 2.05) is 6.07 Å². The third kappa shape index (κ3) is 3.90. The number of halogens is 3. The van der Waals surface area contributed by atoms with Gasteiger partial charge in [0.2, 0.25) is 0 Å². The lowest BCUT2D eigenvalue weighted by molar-refractivity contribution is -0.137. The molecule has 1 fully saturated rings. The van der Waals surface area contributed by atoms with Crippen LogP contribution in [-0.4, -0.2) is 6.04 Å². The number of nitrogens with one attached hydrogen (secondary N) is 1. The molecule has 2 nitrogen and oxygen atoms in total. The van der Waals surface area contributed by atoms with Gasteiger partial charge in [-0.3, -0.25) is 0 Å². The molecule has 0 spiro atoms. The number of hydrogen-bond donors (Lipinski definition) is 1. The van der Waals surface area contributed by atoms with E-state index in [4.69, 9.17) is 5.26 Å². The van der Waals surface area contributed by atoms with E-state index >= 15 is 0 Å². The second-order valence-electron chi connectivity index (χ2n) is 5.74. The number of nitriles is 1. The van der Waals surface area contributed by atoms with Gasteiger partial charge in [0.15, 0.2) is 0 Å². The molecule has 1 aliphatic rings. The lowest BCUT2D eigenvalue weighted by Gasteiger charge is -2.24. The van der Waals surface area contributed by atoms with Crippen LogP contribution in [-0.2, 0) is 6.18 Å². The van der Waals surface area contributed by atoms with Gasteiger partial charge in [-0.25, -0.2) is 0 Å². The molecule has 2 atom stereocenters. The highest BCUT2D eigenvalue weighted by Crippen LogP contribution is 2.33. The molecular formula is C16H19F3N2. The fourth-order valence-electron chi connectivity index (χ4n) is 2.85.